The number of anilines is 1. The minimum Gasteiger partial charge on any atom is -0.438 e. The molecule has 2 aromatic heterocycles. The van der Waals surface area contributed by atoms with Crippen molar-refractivity contribution < 1.29 is 9.53 Å². The van der Waals surface area contributed by atoms with E-state index >= 15 is 0 Å². The molecule has 0 spiro atoms. The molecule has 2 aromatic carbocycles. The molecule has 0 bridgehead atoms. The van der Waals surface area contributed by atoms with Crippen molar-refractivity contribution >= 4 is 34.8 Å². The maximum Gasteiger partial charge on any atom is 0.255 e. The first-order chi connectivity index (χ1) is 15.9. The molecule has 4 aromatic rings. The lowest BCUT2D eigenvalue weighted by molar-refractivity contribution is 0.102. The highest BCUT2D eigenvalue weighted by atomic mass is 35.5. The molecule has 0 saturated carbocycles. The van der Waals surface area contributed by atoms with Crippen molar-refractivity contribution in [1.29, 1.82) is 0 Å². The van der Waals surface area contributed by atoms with Crippen molar-refractivity contribution in [1.82, 2.24) is 15.0 Å². The van der Waals surface area contributed by atoms with E-state index < -0.39 is 0 Å². The number of nitrogens with one attached hydrogen (secondary N) is 1. The summed E-state index contributed by atoms with van der Waals surface area (Å²) in [6, 6.07) is 15.6. The first-order valence-electron chi connectivity index (χ1n) is 10.3. The fourth-order valence-electron chi connectivity index (χ4n) is 3.17. The Labute approximate surface area is 201 Å². The Morgan fingerprint density at radius 1 is 1.00 bits per heavy atom. The van der Waals surface area contributed by atoms with E-state index in [1.807, 2.05) is 38.1 Å². The molecule has 0 fully saturated rings. The molecule has 0 atom stereocenters. The Kier molecular flexibility index (Phi) is 6.87. The third kappa shape index (κ3) is 5.48. The van der Waals surface area contributed by atoms with Crippen LogP contribution < -0.4 is 10.1 Å². The summed E-state index contributed by atoms with van der Waals surface area (Å²) in [7, 11) is 0. The molecule has 0 aliphatic carbocycles. The maximum absolute atomic E-state index is 12.7. The second kappa shape index (κ2) is 9.98. The maximum atomic E-state index is 12.7. The topological polar surface area (TPSA) is 77.0 Å². The van der Waals surface area contributed by atoms with Crippen LogP contribution in [0.2, 0.25) is 10.0 Å². The van der Waals surface area contributed by atoms with Gasteiger partial charge in [-0.25, -0.2) is 15.0 Å². The van der Waals surface area contributed by atoms with Gasteiger partial charge in [0.05, 0.1) is 11.3 Å². The van der Waals surface area contributed by atoms with E-state index in [9.17, 15) is 4.79 Å². The zero-order chi connectivity index (χ0) is 23.4. The van der Waals surface area contributed by atoms with Gasteiger partial charge in [-0.2, -0.15) is 0 Å². The van der Waals surface area contributed by atoms with Gasteiger partial charge in [-0.05, 0) is 55.0 Å². The molecule has 0 saturated heterocycles. The minimum absolute atomic E-state index is 0.333. The van der Waals surface area contributed by atoms with Crippen molar-refractivity contribution in [3.05, 3.63) is 94.0 Å². The van der Waals surface area contributed by atoms with Crippen molar-refractivity contribution in [2.75, 3.05) is 5.32 Å². The lowest BCUT2D eigenvalue weighted by Gasteiger charge is -2.14. The molecule has 2 heterocycles. The van der Waals surface area contributed by atoms with E-state index in [2.05, 4.69) is 20.3 Å². The summed E-state index contributed by atoms with van der Waals surface area (Å²) >= 11 is 12.0. The standard InChI is InChI=1S/C25H20Cl2N4O2/c1-3-23-28-10-8-21(31-23)20-5-4-9-29-25(20)33-22-14-19(7-6-15(22)2)30-24(32)16-11-17(26)13-18(27)12-16/h4-14H,3H2,1-2H3,(H,30,32). The Morgan fingerprint density at radius 2 is 1.79 bits per heavy atom. The quantitative estimate of drug-likeness (QED) is 0.331. The number of hydrogen-bond donors (Lipinski definition) is 1. The monoisotopic (exact) mass is 478 g/mol. The molecule has 6 nitrogen and oxygen atoms in total. The van der Waals surface area contributed by atoms with Gasteiger partial charge in [0.15, 0.2) is 0 Å². The van der Waals surface area contributed by atoms with Crippen molar-refractivity contribution in [2.45, 2.75) is 20.3 Å². The van der Waals surface area contributed by atoms with Gasteiger partial charge >= 0.3 is 0 Å². The van der Waals surface area contributed by atoms with Crippen LogP contribution in [0.1, 0.15) is 28.7 Å². The van der Waals surface area contributed by atoms with Crippen LogP contribution in [0, 0.1) is 6.92 Å². The predicted octanol–water partition coefficient (Wildman–Crippen LogP) is 6.76. The van der Waals surface area contributed by atoms with Crippen molar-refractivity contribution in [3.8, 4) is 22.9 Å². The van der Waals surface area contributed by atoms with Crippen molar-refractivity contribution in [2.24, 2.45) is 0 Å². The first-order valence-corrected chi connectivity index (χ1v) is 11.0. The molecular weight excluding hydrogens is 459 g/mol. The number of benzene rings is 2. The molecule has 166 valence electrons. The summed E-state index contributed by atoms with van der Waals surface area (Å²) in [6.07, 6.45) is 4.11. The fraction of sp³-hybridized carbons (Fsp3) is 0.120. The van der Waals surface area contributed by atoms with Gasteiger partial charge in [-0.1, -0.05) is 36.2 Å². The molecule has 0 aliphatic heterocycles. The molecule has 33 heavy (non-hydrogen) atoms. The number of rotatable bonds is 6. The lowest BCUT2D eigenvalue weighted by atomic mass is 10.1. The van der Waals surface area contributed by atoms with Gasteiger partial charge in [-0.15, -0.1) is 0 Å². The van der Waals surface area contributed by atoms with Crippen LogP contribution in [-0.2, 0) is 6.42 Å². The molecule has 1 amide bonds. The lowest BCUT2D eigenvalue weighted by Crippen LogP contribution is -2.12. The van der Waals surface area contributed by atoms with E-state index in [0.717, 1.165) is 29.1 Å². The largest absolute Gasteiger partial charge is 0.438 e. The number of aromatic nitrogens is 3. The normalized spacial score (nSPS) is 10.7. The van der Waals surface area contributed by atoms with E-state index in [-0.39, 0.29) is 5.91 Å². The minimum atomic E-state index is -0.333. The second-order valence-corrected chi connectivity index (χ2v) is 8.14. The molecule has 1 N–H and O–H groups in total. The Hall–Kier alpha value is -3.48. The summed E-state index contributed by atoms with van der Waals surface area (Å²) < 4.78 is 6.17. The summed E-state index contributed by atoms with van der Waals surface area (Å²) in [4.78, 5) is 25.9. The zero-order valence-corrected chi connectivity index (χ0v) is 19.5. The Morgan fingerprint density at radius 3 is 2.55 bits per heavy atom. The van der Waals surface area contributed by atoms with Gasteiger partial charge < -0.3 is 10.1 Å². The molecule has 8 heteroatoms. The van der Waals surface area contributed by atoms with Crippen LogP contribution >= 0.6 is 23.2 Å². The average molecular weight is 479 g/mol. The number of ether oxygens (including phenoxy) is 1. The summed E-state index contributed by atoms with van der Waals surface area (Å²) in [6.45, 7) is 3.92. The van der Waals surface area contributed by atoms with Crippen LogP contribution in [0.4, 0.5) is 5.69 Å². The summed E-state index contributed by atoms with van der Waals surface area (Å²) in [5, 5.41) is 3.63. The number of aryl methyl sites for hydroxylation is 2. The highest BCUT2D eigenvalue weighted by Crippen LogP contribution is 2.33. The van der Waals surface area contributed by atoms with E-state index in [1.165, 1.54) is 0 Å². The third-order valence-electron chi connectivity index (χ3n) is 4.85. The highest BCUT2D eigenvalue weighted by Gasteiger charge is 2.14. The Bertz CT molecular complexity index is 1310. The number of hydrogen-bond acceptors (Lipinski definition) is 5. The van der Waals surface area contributed by atoms with Crippen LogP contribution in [-0.4, -0.2) is 20.9 Å². The zero-order valence-electron chi connectivity index (χ0n) is 18.0. The highest BCUT2D eigenvalue weighted by molar-refractivity contribution is 6.35. The number of carbonyl (C=O) groups excluding carboxylic acids is 1. The van der Waals surface area contributed by atoms with Gasteiger partial charge in [0.1, 0.15) is 11.6 Å². The summed E-state index contributed by atoms with van der Waals surface area (Å²) in [5.41, 5.74) is 3.27. The van der Waals surface area contributed by atoms with E-state index in [0.29, 0.717) is 32.9 Å². The Balaban J connectivity index is 1.61. The number of carbonyl (C=O) groups is 1. The van der Waals surface area contributed by atoms with Crippen LogP contribution in [0.5, 0.6) is 11.6 Å². The fourth-order valence-corrected chi connectivity index (χ4v) is 3.69. The van der Waals surface area contributed by atoms with Crippen LogP contribution in [0.25, 0.3) is 11.3 Å². The first kappa shape index (κ1) is 22.7. The molecule has 4 rings (SSSR count). The number of pyridine rings is 1. The molecule has 0 unspecified atom stereocenters. The van der Waals surface area contributed by atoms with Crippen LogP contribution in [0.15, 0.2) is 67.0 Å². The SMILES string of the molecule is CCc1nccc(-c2cccnc2Oc2cc(NC(=O)c3cc(Cl)cc(Cl)c3)ccc2C)n1. The number of halogens is 2. The van der Waals surface area contributed by atoms with Gasteiger partial charge in [-0.3, -0.25) is 4.79 Å². The predicted molar refractivity (Wildman–Crippen MR) is 130 cm³/mol. The van der Waals surface area contributed by atoms with Gasteiger partial charge in [0.25, 0.3) is 5.91 Å². The van der Waals surface area contributed by atoms with Crippen molar-refractivity contribution in [3.63, 3.8) is 0 Å². The van der Waals surface area contributed by atoms with Gasteiger partial charge in [0, 0.05) is 46.2 Å². The van der Waals surface area contributed by atoms with Gasteiger partial charge in [0.2, 0.25) is 5.88 Å². The number of nitrogens with zero attached hydrogens (tertiary/aromatic N) is 3. The van der Waals surface area contributed by atoms with E-state index in [1.54, 1.807) is 42.7 Å². The van der Waals surface area contributed by atoms with E-state index in [4.69, 9.17) is 27.9 Å². The average Bonchev–Trinajstić information content (AvgIpc) is 2.81. The molecular formula is C25H20Cl2N4O2. The molecule has 0 aliphatic rings. The summed E-state index contributed by atoms with van der Waals surface area (Å²) in [5.74, 6) is 1.37. The number of amides is 1. The molecule has 0 radical (unpaired) electrons. The third-order valence-corrected chi connectivity index (χ3v) is 5.28. The second-order valence-electron chi connectivity index (χ2n) is 7.26. The van der Waals surface area contributed by atoms with Crippen LogP contribution in [0.3, 0.4) is 0 Å². The smallest absolute Gasteiger partial charge is 0.255 e.